The van der Waals surface area contributed by atoms with Crippen LogP contribution in [0.25, 0.3) is 22.5 Å². The van der Waals surface area contributed by atoms with E-state index in [2.05, 4.69) is 16.1 Å². The molecule has 21 heavy (non-hydrogen) atoms. The molecular formula is C17H17N3O. The molecule has 2 heterocycles. The van der Waals surface area contributed by atoms with E-state index in [4.69, 9.17) is 0 Å². The SMILES string of the molecule is C[C@@H](O)Cn1ccc(-c2cccc(-c3ccccn3)c2)n1. The number of hydrogen-bond acceptors (Lipinski definition) is 3. The average molecular weight is 279 g/mol. The second kappa shape index (κ2) is 5.89. The third-order valence-electron chi connectivity index (χ3n) is 3.21. The van der Waals surface area contributed by atoms with Gasteiger partial charge in [0.15, 0.2) is 0 Å². The quantitative estimate of drug-likeness (QED) is 0.798. The zero-order chi connectivity index (χ0) is 14.7. The summed E-state index contributed by atoms with van der Waals surface area (Å²) < 4.78 is 1.76. The van der Waals surface area contributed by atoms with Crippen LogP contribution in [0.15, 0.2) is 60.9 Å². The second-order valence-electron chi connectivity index (χ2n) is 5.07. The van der Waals surface area contributed by atoms with Crippen LogP contribution in [0.4, 0.5) is 0 Å². The largest absolute Gasteiger partial charge is 0.391 e. The average Bonchev–Trinajstić information content (AvgIpc) is 2.96. The first-order valence-electron chi connectivity index (χ1n) is 6.96. The zero-order valence-corrected chi connectivity index (χ0v) is 11.8. The molecule has 0 bridgehead atoms. The van der Waals surface area contributed by atoms with Crippen molar-refractivity contribution in [3.8, 4) is 22.5 Å². The van der Waals surface area contributed by atoms with Gasteiger partial charge in [0.25, 0.3) is 0 Å². The summed E-state index contributed by atoms with van der Waals surface area (Å²) in [6, 6.07) is 16.0. The van der Waals surface area contributed by atoms with Crippen molar-refractivity contribution < 1.29 is 5.11 Å². The fourth-order valence-corrected chi connectivity index (χ4v) is 2.26. The van der Waals surface area contributed by atoms with Crippen LogP contribution in [0.5, 0.6) is 0 Å². The summed E-state index contributed by atoms with van der Waals surface area (Å²) in [6.07, 6.45) is 3.27. The first-order valence-corrected chi connectivity index (χ1v) is 6.96. The minimum absolute atomic E-state index is 0.405. The maximum Gasteiger partial charge on any atom is 0.0923 e. The highest BCUT2D eigenvalue weighted by Gasteiger charge is 2.06. The van der Waals surface area contributed by atoms with E-state index in [0.717, 1.165) is 22.5 Å². The molecule has 0 aliphatic heterocycles. The Morgan fingerprint density at radius 3 is 2.57 bits per heavy atom. The molecule has 2 aromatic heterocycles. The van der Waals surface area contributed by atoms with Gasteiger partial charge in [-0.25, -0.2) is 0 Å². The van der Waals surface area contributed by atoms with Crippen molar-refractivity contribution in [3.63, 3.8) is 0 Å². The summed E-state index contributed by atoms with van der Waals surface area (Å²) in [6.45, 7) is 2.25. The molecule has 0 amide bonds. The molecule has 0 aliphatic rings. The van der Waals surface area contributed by atoms with Gasteiger partial charge >= 0.3 is 0 Å². The number of pyridine rings is 1. The topological polar surface area (TPSA) is 50.9 Å². The Morgan fingerprint density at radius 1 is 1.05 bits per heavy atom. The van der Waals surface area contributed by atoms with E-state index >= 15 is 0 Å². The second-order valence-corrected chi connectivity index (χ2v) is 5.07. The van der Waals surface area contributed by atoms with Crippen molar-refractivity contribution in [2.45, 2.75) is 19.6 Å². The summed E-state index contributed by atoms with van der Waals surface area (Å²) in [5.41, 5.74) is 3.96. The first-order chi connectivity index (χ1) is 10.2. The lowest BCUT2D eigenvalue weighted by Gasteiger charge is -2.04. The first kappa shape index (κ1) is 13.5. The number of aromatic nitrogens is 3. The molecule has 1 atom stereocenters. The minimum Gasteiger partial charge on any atom is -0.391 e. The highest BCUT2D eigenvalue weighted by atomic mass is 16.3. The molecule has 3 rings (SSSR count). The summed E-state index contributed by atoms with van der Waals surface area (Å²) in [5, 5.41) is 13.9. The number of hydrogen-bond donors (Lipinski definition) is 1. The van der Waals surface area contributed by atoms with E-state index in [1.807, 2.05) is 48.7 Å². The molecular weight excluding hydrogens is 262 g/mol. The van der Waals surface area contributed by atoms with Crippen LogP contribution in [-0.4, -0.2) is 26.0 Å². The van der Waals surface area contributed by atoms with Gasteiger partial charge < -0.3 is 5.11 Å². The van der Waals surface area contributed by atoms with Crippen LogP contribution < -0.4 is 0 Å². The molecule has 0 saturated carbocycles. The standard InChI is InChI=1S/C17H17N3O/c1-13(21)12-20-10-8-17(19-20)15-6-4-5-14(11-15)16-7-2-3-9-18-16/h2-11,13,21H,12H2,1H3/t13-/m1/s1. The smallest absolute Gasteiger partial charge is 0.0923 e. The highest BCUT2D eigenvalue weighted by molar-refractivity contribution is 5.69. The molecule has 0 fully saturated rings. The van der Waals surface area contributed by atoms with E-state index in [1.165, 1.54) is 0 Å². The van der Waals surface area contributed by atoms with Crippen molar-refractivity contribution >= 4 is 0 Å². The fraction of sp³-hybridized carbons (Fsp3) is 0.176. The minimum atomic E-state index is -0.405. The number of nitrogens with zero attached hydrogens (tertiary/aromatic N) is 3. The Labute approximate surface area is 123 Å². The van der Waals surface area contributed by atoms with Crippen LogP contribution in [0, 0.1) is 0 Å². The van der Waals surface area contributed by atoms with Crippen molar-refractivity contribution in [2.75, 3.05) is 0 Å². The third-order valence-corrected chi connectivity index (χ3v) is 3.21. The number of aliphatic hydroxyl groups is 1. The lowest BCUT2D eigenvalue weighted by Crippen LogP contribution is -2.11. The lowest BCUT2D eigenvalue weighted by molar-refractivity contribution is 0.168. The molecule has 1 N–H and O–H groups in total. The Hall–Kier alpha value is -2.46. The lowest BCUT2D eigenvalue weighted by atomic mass is 10.1. The van der Waals surface area contributed by atoms with Gasteiger partial charge in [-0.2, -0.15) is 5.10 Å². The maximum atomic E-state index is 9.41. The van der Waals surface area contributed by atoms with Gasteiger partial charge in [-0.05, 0) is 31.2 Å². The molecule has 0 unspecified atom stereocenters. The van der Waals surface area contributed by atoms with Crippen molar-refractivity contribution in [1.29, 1.82) is 0 Å². The summed E-state index contributed by atoms with van der Waals surface area (Å²) in [5.74, 6) is 0. The number of aliphatic hydroxyl groups excluding tert-OH is 1. The molecule has 1 aromatic carbocycles. The van der Waals surface area contributed by atoms with E-state index in [9.17, 15) is 5.11 Å². The van der Waals surface area contributed by atoms with Crippen LogP contribution in [0.3, 0.4) is 0 Å². The van der Waals surface area contributed by atoms with E-state index in [-0.39, 0.29) is 0 Å². The van der Waals surface area contributed by atoms with Crippen LogP contribution in [0.2, 0.25) is 0 Å². The fourth-order valence-electron chi connectivity index (χ4n) is 2.26. The van der Waals surface area contributed by atoms with Crippen molar-refractivity contribution in [1.82, 2.24) is 14.8 Å². The molecule has 0 radical (unpaired) electrons. The molecule has 3 aromatic rings. The van der Waals surface area contributed by atoms with Crippen LogP contribution in [0.1, 0.15) is 6.92 Å². The maximum absolute atomic E-state index is 9.41. The molecule has 0 saturated heterocycles. The Morgan fingerprint density at radius 2 is 1.86 bits per heavy atom. The van der Waals surface area contributed by atoms with Crippen molar-refractivity contribution in [2.24, 2.45) is 0 Å². The molecule has 4 heteroatoms. The predicted molar refractivity (Wildman–Crippen MR) is 82.6 cm³/mol. The normalized spacial score (nSPS) is 12.3. The number of benzene rings is 1. The zero-order valence-electron chi connectivity index (χ0n) is 11.8. The highest BCUT2D eigenvalue weighted by Crippen LogP contribution is 2.23. The Kier molecular flexibility index (Phi) is 3.79. The van der Waals surface area contributed by atoms with Crippen molar-refractivity contribution in [3.05, 3.63) is 60.9 Å². The van der Waals surface area contributed by atoms with Gasteiger partial charge in [0.05, 0.1) is 24.0 Å². The summed E-state index contributed by atoms with van der Waals surface area (Å²) in [7, 11) is 0. The van der Waals surface area contributed by atoms with Crippen LogP contribution >= 0.6 is 0 Å². The van der Waals surface area contributed by atoms with Gasteiger partial charge in [0, 0.05) is 23.5 Å². The van der Waals surface area contributed by atoms with E-state index in [0.29, 0.717) is 6.54 Å². The monoisotopic (exact) mass is 279 g/mol. The molecule has 0 aliphatic carbocycles. The molecule has 4 nitrogen and oxygen atoms in total. The van der Waals surface area contributed by atoms with Gasteiger partial charge in [-0.15, -0.1) is 0 Å². The number of rotatable bonds is 4. The molecule has 106 valence electrons. The van der Waals surface area contributed by atoms with Gasteiger partial charge in [-0.3, -0.25) is 9.67 Å². The third kappa shape index (κ3) is 3.17. The van der Waals surface area contributed by atoms with Crippen LogP contribution in [-0.2, 0) is 6.54 Å². The van der Waals surface area contributed by atoms with Gasteiger partial charge in [0.1, 0.15) is 0 Å². The Bertz CT molecular complexity index is 720. The Balaban J connectivity index is 1.91. The van der Waals surface area contributed by atoms with E-state index in [1.54, 1.807) is 17.8 Å². The predicted octanol–water partition coefficient (Wildman–Crippen LogP) is 2.99. The van der Waals surface area contributed by atoms with Gasteiger partial charge in [0.2, 0.25) is 0 Å². The summed E-state index contributed by atoms with van der Waals surface area (Å²) >= 11 is 0. The summed E-state index contributed by atoms with van der Waals surface area (Å²) in [4.78, 5) is 4.37. The van der Waals surface area contributed by atoms with Gasteiger partial charge in [-0.1, -0.05) is 24.3 Å². The van der Waals surface area contributed by atoms with E-state index < -0.39 is 6.10 Å². The molecule has 0 spiro atoms.